The largest absolute Gasteiger partial charge is 0.300 e. The quantitative estimate of drug-likeness (QED) is 0.339. The molecule has 0 fully saturated rings. The second-order valence-corrected chi connectivity index (χ2v) is 1.27. The van der Waals surface area contributed by atoms with Crippen LogP contribution in [0.4, 0.5) is 0 Å². The van der Waals surface area contributed by atoms with Crippen LogP contribution < -0.4 is 5.73 Å². The topological polar surface area (TPSA) is 44.5 Å². The Hall–Kier alpha value is -0.380. The molecule has 0 aromatic carbocycles. The minimum Gasteiger partial charge on any atom is -0.300 e. The van der Waals surface area contributed by atoms with E-state index in [9.17, 15) is 0 Å². The first kappa shape index (κ1) is 4.77. The van der Waals surface area contributed by atoms with Gasteiger partial charge in [0.15, 0.2) is 6.23 Å². The first-order valence-corrected chi connectivity index (χ1v) is 2.10. The second kappa shape index (κ2) is 2.07. The average Bonchev–Trinajstić information content (AvgIpc) is 1.69. The maximum Gasteiger partial charge on any atom is 0.160 e. The molecule has 1 aliphatic rings. The van der Waals surface area contributed by atoms with Gasteiger partial charge in [0.2, 0.25) is 0 Å². The Bertz CT molecular complexity index is 81.8. The zero-order chi connectivity index (χ0) is 5.11. The molecule has 1 atom stereocenters. The monoisotopic (exact) mass is 101 g/mol. The summed E-state index contributed by atoms with van der Waals surface area (Å²) < 4.78 is 0. The highest BCUT2D eigenvalue weighted by Crippen LogP contribution is 1.93. The van der Waals surface area contributed by atoms with Gasteiger partial charge in [-0.1, -0.05) is 6.08 Å². The van der Waals surface area contributed by atoms with E-state index in [4.69, 9.17) is 5.73 Å². The highest BCUT2D eigenvalue weighted by atomic mass is 17.2. The van der Waals surface area contributed by atoms with Crippen molar-refractivity contribution >= 4 is 0 Å². The van der Waals surface area contributed by atoms with E-state index < -0.39 is 0 Å². The summed E-state index contributed by atoms with van der Waals surface area (Å²) >= 11 is 0. The van der Waals surface area contributed by atoms with Crippen molar-refractivity contribution in [3.05, 3.63) is 12.2 Å². The molecule has 0 saturated carbocycles. The van der Waals surface area contributed by atoms with Gasteiger partial charge in [-0.2, -0.15) is 0 Å². The van der Waals surface area contributed by atoms with E-state index in [0.717, 1.165) is 0 Å². The lowest BCUT2D eigenvalue weighted by Crippen LogP contribution is -2.24. The van der Waals surface area contributed by atoms with E-state index in [1.807, 2.05) is 6.08 Å². The summed E-state index contributed by atoms with van der Waals surface area (Å²) in [7, 11) is 0. The molecule has 2 N–H and O–H groups in total. The summed E-state index contributed by atoms with van der Waals surface area (Å²) in [6.45, 7) is 0.508. The lowest BCUT2D eigenvalue weighted by atomic mass is 10.5. The van der Waals surface area contributed by atoms with Crippen molar-refractivity contribution in [2.24, 2.45) is 5.73 Å². The fourth-order valence-corrected chi connectivity index (χ4v) is 0.379. The van der Waals surface area contributed by atoms with Gasteiger partial charge in [0.1, 0.15) is 6.61 Å². The van der Waals surface area contributed by atoms with Crippen molar-refractivity contribution in [3.8, 4) is 0 Å². The van der Waals surface area contributed by atoms with Crippen LogP contribution in [0, 0.1) is 0 Å². The second-order valence-electron chi connectivity index (χ2n) is 1.27. The first-order valence-electron chi connectivity index (χ1n) is 2.10. The summed E-state index contributed by atoms with van der Waals surface area (Å²) in [5, 5.41) is 0. The van der Waals surface area contributed by atoms with Gasteiger partial charge in [0.25, 0.3) is 0 Å². The molecule has 1 aliphatic heterocycles. The summed E-state index contributed by atoms with van der Waals surface area (Å²) in [5.74, 6) is 0. The molecule has 40 valence electrons. The molecule has 0 aromatic heterocycles. The number of rotatable bonds is 0. The molecule has 0 spiro atoms. The van der Waals surface area contributed by atoms with Crippen molar-refractivity contribution in [3.63, 3.8) is 0 Å². The lowest BCUT2D eigenvalue weighted by molar-refractivity contribution is -0.311. The van der Waals surface area contributed by atoms with Gasteiger partial charge < -0.3 is 5.73 Å². The fraction of sp³-hybridized carbons (Fsp3) is 0.500. The Morgan fingerprint density at radius 1 is 1.71 bits per heavy atom. The Morgan fingerprint density at radius 2 is 2.57 bits per heavy atom. The molecule has 7 heavy (non-hydrogen) atoms. The van der Waals surface area contributed by atoms with Crippen molar-refractivity contribution in [1.82, 2.24) is 0 Å². The summed E-state index contributed by atoms with van der Waals surface area (Å²) in [4.78, 5) is 8.94. The highest BCUT2D eigenvalue weighted by molar-refractivity contribution is 4.87. The zero-order valence-corrected chi connectivity index (χ0v) is 3.83. The van der Waals surface area contributed by atoms with Crippen LogP contribution in [0.1, 0.15) is 0 Å². The number of hydrogen-bond acceptors (Lipinski definition) is 3. The van der Waals surface area contributed by atoms with E-state index in [-0.39, 0.29) is 6.23 Å². The molecule has 0 aliphatic carbocycles. The van der Waals surface area contributed by atoms with Gasteiger partial charge in [0, 0.05) is 0 Å². The van der Waals surface area contributed by atoms with Crippen LogP contribution in [0.2, 0.25) is 0 Å². The molecule has 1 heterocycles. The molecule has 3 heteroatoms. The van der Waals surface area contributed by atoms with Crippen molar-refractivity contribution in [2.75, 3.05) is 6.61 Å². The van der Waals surface area contributed by atoms with Crippen LogP contribution in [-0.2, 0) is 9.78 Å². The predicted molar refractivity (Wildman–Crippen MR) is 24.2 cm³/mol. The standard InChI is InChI=1S/C4H7NO2/c5-4-2-1-3-6-7-4/h1-2,4H,3,5H2. The van der Waals surface area contributed by atoms with Gasteiger partial charge in [-0.05, 0) is 6.08 Å². The third-order valence-electron chi connectivity index (χ3n) is 0.669. The molecule has 1 unspecified atom stereocenters. The minimum absolute atomic E-state index is 0.367. The fourth-order valence-electron chi connectivity index (χ4n) is 0.379. The smallest absolute Gasteiger partial charge is 0.160 e. The third-order valence-corrected chi connectivity index (χ3v) is 0.669. The van der Waals surface area contributed by atoms with E-state index in [2.05, 4.69) is 9.78 Å². The van der Waals surface area contributed by atoms with E-state index >= 15 is 0 Å². The minimum atomic E-state index is -0.367. The molecule has 0 amide bonds. The normalized spacial score (nSPS) is 30.7. The van der Waals surface area contributed by atoms with Crippen LogP contribution in [0.5, 0.6) is 0 Å². The van der Waals surface area contributed by atoms with Gasteiger partial charge in [-0.15, -0.1) is 0 Å². The Balaban J connectivity index is 2.36. The lowest BCUT2D eigenvalue weighted by Gasteiger charge is -2.09. The molecule has 0 aromatic rings. The predicted octanol–water partition coefficient (Wildman–Crippen LogP) is -0.211. The highest BCUT2D eigenvalue weighted by Gasteiger charge is 1.99. The molecule has 1 rings (SSSR count). The van der Waals surface area contributed by atoms with Gasteiger partial charge >= 0.3 is 0 Å². The summed E-state index contributed by atoms with van der Waals surface area (Å²) in [5.41, 5.74) is 5.20. The first-order chi connectivity index (χ1) is 3.39. The molecule has 0 radical (unpaired) electrons. The summed E-state index contributed by atoms with van der Waals surface area (Å²) in [6, 6.07) is 0. The number of nitrogens with two attached hydrogens (primary N) is 1. The summed E-state index contributed by atoms with van der Waals surface area (Å²) in [6.07, 6.45) is 3.19. The zero-order valence-electron chi connectivity index (χ0n) is 3.83. The van der Waals surface area contributed by atoms with Crippen LogP contribution in [-0.4, -0.2) is 12.8 Å². The Kier molecular flexibility index (Phi) is 1.41. The van der Waals surface area contributed by atoms with Crippen LogP contribution in [0.15, 0.2) is 12.2 Å². The molecule has 3 nitrogen and oxygen atoms in total. The molecule has 0 saturated heterocycles. The van der Waals surface area contributed by atoms with Crippen LogP contribution in [0.25, 0.3) is 0 Å². The maximum atomic E-state index is 5.20. The molecular formula is C4H7NO2. The van der Waals surface area contributed by atoms with Crippen molar-refractivity contribution in [1.29, 1.82) is 0 Å². The Morgan fingerprint density at radius 3 is 2.86 bits per heavy atom. The molecule has 0 bridgehead atoms. The number of hydrogen-bond donors (Lipinski definition) is 1. The van der Waals surface area contributed by atoms with Crippen molar-refractivity contribution < 1.29 is 9.78 Å². The van der Waals surface area contributed by atoms with Crippen LogP contribution in [0.3, 0.4) is 0 Å². The van der Waals surface area contributed by atoms with Gasteiger partial charge in [-0.3, -0.25) is 0 Å². The molecular weight excluding hydrogens is 94.0 g/mol. The third kappa shape index (κ3) is 1.27. The average molecular weight is 101 g/mol. The van der Waals surface area contributed by atoms with E-state index in [0.29, 0.717) is 6.61 Å². The van der Waals surface area contributed by atoms with E-state index in [1.54, 1.807) is 6.08 Å². The Labute approximate surface area is 41.6 Å². The van der Waals surface area contributed by atoms with E-state index in [1.165, 1.54) is 0 Å². The van der Waals surface area contributed by atoms with Gasteiger partial charge in [0.05, 0.1) is 0 Å². The van der Waals surface area contributed by atoms with Crippen molar-refractivity contribution in [2.45, 2.75) is 6.23 Å². The maximum absolute atomic E-state index is 5.20. The van der Waals surface area contributed by atoms with Crippen LogP contribution >= 0.6 is 0 Å². The van der Waals surface area contributed by atoms with Gasteiger partial charge in [-0.25, -0.2) is 9.78 Å². The SMILES string of the molecule is NC1C=CCOO1.